The quantitative estimate of drug-likeness (QED) is 0.761. The van der Waals surface area contributed by atoms with Gasteiger partial charge in [-0.05, 0) is 12.1 Å². The van der Waals surface area contributed by atoms with Crippen LogP contribution < -0.4 is 0 Å². The second-order valence-electron chi connectivity index (χ2n) is 3.67. The number of carbonyl (C=O) groups is 1. The average Bonchev–Trinajstić information content (AvgIpc) is 2.31. The predicted molar refractivity (Wildman–Crippen MR) is 61.0 cm³/mol. The molecule has 1 aliphatic rings. The molecule has 86 valence electrons. The normalized spacial score (nSPS) is 20.7. The second kappa shape index (κ2) is 5.43. The largest absolute Gasteiger partial charge is 0.376 e. The van der Waals surface area contributed by atoms with Crippen molar-refractivity contribution in [1.82, 2.24) is 0 Å². The van der Waals surface area contributed by atoms with Crippen LogP contribution in [-0.2, 0) is 9.47 Å². The molecule has 0 N–H and O–H groups in total. The van der Waals surface area contributed by atoms with Gasteiger partial charge in [-0.2, -0.15) is 0 Å². The Morgan fingerprint density at radius 2 is 2.19 bits per heavy atom. The summed E-state index contributed by atoms with van der Waals surface area (Å²) in [5.41, 5.74) is 0.554. The highest BCUT2D eigenvalue weighted by atomic mass is 35.5. The molecule has 0 amide bonds. The Kier molecular flexibility index (Phi) is 3.93. The fourth-order valence-electron chi connectivity index (χ4n) is 1.66. The van der Waals surface area contributed by atoms with Crippen molar-refractivity contribution >= 4 is 17.4 Å². The molecule has 1 aliphatic heterocycles. The molecule has 4 heteroatoms. The van der Waals surface area contributed by atoms with E-state index in [1.807, 2.05) is 0 Å². The zero-order valence-corrected chi connectivity index (χ0v) is 9.57. The van der Waals surface area contributed by atoms with E-state index in [1.54, 1.807) is 24.3 Å². The molecule has 0 saturated carbocycles. The van der Waals surface area contributed by atoms with Crippen LogP contribution in [0, 0.1) is 0 Å². The summed E-state index contributed by atoms with van der Waals surface area (Å²) in [7, 11) is 0. The Hall–Kier alpha value is -0.900. The van der Waals surface area contributed by atoms with Crippen molar-refractivity contribution in [3.05, 3.63) is 34.9 Å². The summed E-state index contributed by atoms with van der Waals surface area (Å²) in [5.74, 6) is 0.00102. The third-order valence-electron chi connectivity index (χ3n) is 2.47. The van der Waals surface area contributed by atoms with Gasteiger partial charge in [-0.25, -0.2) is 0 Å². The van der Waals surface area contributed by atoms with Crippen LogP contribution in [0.4, 0.5) is 0 Å². The van der Waals surface area contributed by atoms with Gasteiger partial charge in [0.05, 0.1) is 30.9 Å². The van der Waals surface area contributed by atoms with Crippen molar-refractivity contribution in [2.45, 2.75) is 12.5 Å². The highest BCUT2D eigenvalue weighted by Crippen LogP contribution is 2.18. The maximum Gasteiger partial charge on any atom is 0.167 e. The Morgan fingerprint density at radius 3 is 2.88 bits per heavy atom. The topological polar surface area (TPSA) is 35.5 Å². The minimum absolute atomic E-state index is 0.00102. The monoisotopic (exact) mass is 240 g/mol. The van der Waals surface area contributed by atoms with Crippen LogP contribution in [0.25, 0.3) is 0 Å². The van der Waals surface area contributed by atoms with Gasteiger partial charge in [-0.15, -0.1) is 0 Å². The first-order chi connectivity index (χ1) is 7.77. The van der Waals surface area contributed by atoms with Crippen LogP contribution in [0.5, 0.6) is 0 Å². The Labute approximate surface area is 99.3 Å². The van der Waals surface area contributed by atoms with E-state index in [1.165, 1.54) is 0 Å². The molecule has 3 nitrogen and oxygen atoms in total. The number of ketones is 1. The minimum atomic E-state index is -0.141. The van der Waals surface area contributed by atoms with Gasteiger partial charge in [0.1, 0.15) is 0 Å². The maximum absolute atomic E-state index is 11.9. The smallest absolute Gasteiger partial charge is 0.167 e. The van der Waals surface area contributed by atoms with Crippen LogP contribution in [-0.4, -0.2) is 31.7 Å². The van der Waals surface area contributed by atoms with Gasteiger partial charge in [0.2, 0.25) is 0 Å². The van der Waals surface area contributed by atoms with Crippen LogP contribution in [0.1, 0.15) is 16.8 Å². The minimum Gasteiger partial charge on any atom is -0.376 e. The van der Waals surface area contributed by atoms with E-state index in [-0.39, 0.29) is 11.9 Å². The van der Waals surface area contributed by atoms with Gasteiger partial charge in [0.25, 0.3) is 0 Å². The summed E-state index contributed by atoms with van der Waals surface area (Å²) in [6.07, 6.45) is 0.182. The highest BCUT2D eigenvalue weighted by molar-refractivity contribution is 6.33. The van der Waals surface area contributed by atoms with E-state index in [2.05, 4.69) is 0 Å². The fourth-order valence-corrected chi connectivity index (χ4v) is 1.90. The zero-order chi connectivity index (χ0) is 11.4. The lowest BCUT2D eigenvalue weighted by Gasteiger charge is -2.22. The average molecular weight is 241 g/mol. The van der Waals surface area contributed by atoms with Gasteiger partial charge >= 0.3 is 0 Å². The molecule has 1 unspecified atom stereocenters. The number of hydrogen-bond acceptors (Lipinski definition) is 3. The lowest BCUT2D eigenvalue weighted by atomic mass is 10.1. The maximum atomic E-state index is 11.9. The molecule has 1 saturated heterocycles. The van der Waals surface area contributed by atoms with Crippen molar-refractivity contribution in [2.75, 3.05) is 19.8 Å². The van der Waals surface area contributed by atoms with Gasteiger partial charge in [0.15, 0.2) is 5.78 Å². The van der Waals surface area contributed by atoms with E-state index in [0.29, 0.717) is 36.8 Å². The molecule has 0 spiro atoms. The number of halogens is 1. The number of benzene rings is 1. The van der Waals surface area contributed by atoms with E-state index < -0.39 is 0 Å². The molecule has 16 heavy (non-hydrogen) atoms. The van der Waals surface area contributed by atoms with Crippen LogP contribution in [0.3, 0.4) is 0 Å². The summed E-state index contributed by atoms with van der Waals surface area (Å²) in [6, 6.07) is 7.05. The van der Waals surface area contributed by atoms with E-state index in [4.69, 9.17) is 21.1 Å². The zero-order valence-electron chi connectivity index (χ0n) is 8.82. The number of Topliss-reactive ketones (excluding diaryl/α,β-unsaturated/α-hetero) is 1. The molecule has 0 aromatic heterocycles. The van der Waals surface area contributed by atoms with Crippen molar-refractivity contribution in [2.24, 2.45) is 0 Å². The van der Waals surface area contributed by atoms with Gasteiger partial charge in [0, 0.05) is 12.0 Å². The Bertz CT molecular complexity index is 372. The molecule has 0 bridgehead atoms. The number of rotatable bonds is 3. The lowest BCUT2D eigenvalue weighted by molar-refractivity contribution is -0.0868. The summed E-state index contributed by atoms with van der Waals surface area (Å²) < 4.78 is 10.7. The fraction of sp³-hybridized carbons (Fsp3) is 0.417. The predicted octanol–water partition coefficient (Wildman–Crippen LogP) is 2.33. The van der Waals surface area contributed by atoms with Crippen molar-refractivity contribution in [1.29, 1.82) is 0 Å². The first-order valence-corrected chi connectivity index (χ1v) is 5.62. The molecule has 1 fully saturated rings. The van der Waals surface area contributed by atoms with Crippen molar-refractivity contribution in [3.63, 3.8) is 0 Å². The van der Waals surface area contributed by atoms with E-state index in [0.717, 1.165) is 0 Å². The first-order valence-electron chi connectivity index (χ1n) is 5.24. The van der Waals surface area contributed by atoms with Crippen LogP contribution in [0.2, 0.25) is 5.02 Å². The molecule has 2 rings (SSSR count). The lowest BCUT2D eigenvalue weighted by Crippen LogP contribution is -2.30. The number of carbonyl (C=O) groups excluding carboxylic acids is 1. The molecular formula is C12H13ClO3. The molecule has 1 heterocycles. The summed E-state index contributed by atoms with van der Waals surface area (Å²) in [6.45, 7) is 1.65. The Balaban J connectivity index is 2.00. The van der Waals surface area contributed by atoms with Crippen LogP contribution >= 0.6 is 11.6 Å². The van der Waals surface area contributed by atoms with Gasteiger partial charge < -0.3 is 9.47 Å². The molecular weight excluding hydrogens is 228 g/mol. The Morgan fingerprint density at radius 1 is 1.38 bits per heavy atom. The summed E-state index contributed by atoms with van der Waals surface area (Å²) in [5, 5.41) is 0.490. The molecule has 0 aliphatic carbocycles. The SMILES string of the molecule is O=C(CC1COCCO1)c1ccccc1Cl. The second-order valence-corrected chi connectivity index (χ2v) is 4.08. The number of hydrogen-bond donors (Lipinski definition) is 0. The van der Waals surface area contributed by atoms with Crippen LogP contribution in [0.15, 0.2) is 24.3 Å². The molecule has 1 atom stereocenters. The standard InChI is InChI=1S/C12H13ClO3/c13-11-4-2-1-3-10(11)12(14)7-9-8-15-5-6-16-9/h1-4,9H,5-8H2. The van der Waals surface area contributed by atoms with Gasteiger partial charge in [-0.1, -0.05) is 23.7 Å². The van der Waals surface area contributed by atoms with E-state index >= 15 is 0 Å². The van der Waals surface area contributed by atoms with Gasteiger partial charge in [-0.3, -0.25) is 4.79 Å². The first kappa shape index (κ1) is 11.6. The number of ether oxygens (including phenoxy) is 2. The summed E-state index contributed by atoms with van der Waals surface area (Å²) in [4.78, 5) is 11.9. The molecule has 1 aromatic carbocycles. The third kappa shape index (κ3) is 2.82. The van der Waals surface area contributed by atoms with E-state index in [9.17, 15) is 4.79 Å². The highest BCUT2D eigenvalue weighted by Gasteiger charge is 2.20. The third-order valence-corrected chi connectivity index (χ3v) is 2.80. The summed E-state index contributed by atoms with van der Waals surface area (Å²) >= 11 is 5.94. The van der Waals surface area contributed by atoms with Crippen molar-refractivity contribution < 1.29 is 14.3 Å². The van der Waals surface area contributed by atoms with Crippen molar-refractivity contribution in [3.8, 4) is 0 Å². The molecule has 0 radical (unpaired) electrons. The molecule has 1 aromatic rings.